The van der Waals surface area contributed by atoms with E-state index < -0.39 is 0 Å². The molecule has 5 nitrogen and oxygen atoms in total. The minimum absolute atomic E-state index is 0.0316. The van der Waals surface area contributed by atoms with Crippen molar-refractivity contribution in [1.29, 1.82) is 0 Å². The Balaban J connectivity index is 2.21. The van der Waals surface area contributed by atoms with Gasteiger partial charge >= 0.3 is 0 Å². The summed E-state index contributed by atoms with van der Waals surface area (Å²) in [5.41, 5.74) is 1.90. The van der Waals surface area contributed by atoms with Crippen LogP contribution in [0.3, 0.4) is 0 Å². The number of aromatic nitrogens is 1. The standard InChI is InChI=1S/C19H26ClN3O2/c1-12-16(17(22-25-12)19(2,3)4)18(24)21-11-15(23(5)6)13-9-7-8-10-14(13)20/h7-10,15H,11H2,1-6H3,(H,21,24). The molecule has 0 aliphatic carbocycles. The van der Waals surface area contributed by atoms with E-state index in [0.717, 1.165) is 5.56 Å². The lowest BCUT2D eigenvalue weighted by atomic mass is 9.88. The van der Waals surface area contributed by atoms with Crippen LogP contribution in [0.1, 0.15) is 54.2 Å². The van der Waals surface area contributed by atoms with Gasteiger partial charge in [0.05, 0.1) is 6.04 Å². The molecule has 0 fully saturated rings. The highest BCUT2D eigenvalue weighted by Crippen LogP contribution is 2.28. The van der Waals surface area contributed by atoms with Crippen molar-refractivity contribution in [2.75, 3.05) is 20.6 Å². The van der Waals surface area contributed by atoms with Gasteiger partial charge in [-0.3, -0.25) is 4.79 Å². The number of amides is 1. The third-order valence-electron chi connectivity index (χ3n) is 4.14. The average Bonchev–Trinajstić information content (AvgIpc) is 2.90. The molecule has 2 rings (SSSR count). The summed E-state index contributed by atoms with van der Waals surface area (Å²) in [6.45, 7) is 8.22. The summed E-state index contributed by atoms with van der Waals surface area (Å²) in [5, 5.41) is 7.77. The van der Waals surface area contributed by atoms with E-state index in [1.165, 1.54) is 0 Å². The van der Waals surface area contributed by atoms with Crippen LogP contribution in [0.5, 0.6) is 0 Å². The highest BCUT2D eigenvalue weighted by molar-refractivity contribution is 6.31. The Morgan fingerprint density at radius 2 is 1.96 bits per heavy atom. The van der Waals surface area contributed by atoms with Crippen LogP contribution in [0.25, 0.3) is 0 Å². The maximum absolute atomic E-state index is 12.8. The molecule has 1 unspecified atom stereocenters. The topological polar surface area (TPSA) is 58.4 Å². The predicted octanol–water partition coefficient (Wildman–Crippen LogP) is 3.97. The minimum Gasteiger partial charge on any atom is -0.361 e. The van der Waals surface area contributed by atoms with Crippen molar-refractivity contribution in [3.05, 3.63) is 51.9 Å². The zero-order valence-corrected chi connectivity index (χ0v) is 16.4. The molecule has 0 aliphatic rings. The fourth-order valence-corrected chi connectivity index (χ4v) is 3.01. The van der Waals surface area contributed by atoms with E-state index in [1.54, 1.807) is 6.92 Å². The summed E-state index contributed by atoms with van der Waals surface area (Å²) in [4.78, 5) is 14.8. The summed E-state index contributed by atoms with van der Waals surface area (Å²) in [5.74, 6) is 0.351. The molecule has 1 aromatic heterocycles. The molecular weight excluding hydrogens is 338 g/mol. The molecule has 6 heteroatoms. The second-order valence-electron chi connectivity index (χ2n) is 7.42. The molecule has 25 heavy (non-hydrogen) atoms. The van der Waals surface area contributed by atoms with E-state index in [0.29, 0.717) is 28.6 Å². The van der Waals surface area contributed by atoms with Gasteiger partial charge in [0, 0.05) is 17.0 Å². The fraction of sp³-hybridized carbons (Fsp3) is 0.474. The molecule has 136 valence electrons. The molecule has 2 aromatic rings. The molecule has 0 saturated carbocycles. The van der Waals surface area contributed by atoms with E-state index in [-0.39, 0.29) is 17.4 Å². The number of aryl methyl sites for hydroxylation is 1. The Morgan fingerprint density at radius 1 is 1.32 bits per heavy atom. The lowest BCUT2D eigenvalue weighted by Crippen LogP contribution is -2.35. The normalized spacial score (nSPS) is 13.1. The summed E-state index contributed by atoms with van der Waals surface area (Å²) < 4.78 is 5.26. The van der Waals surface area contributed by atoms with E-state index in [1.807, 2.05) is 64.0 Å². The quantitative estimate of drug-likeness (QED) is 0.873. The zero-order chi connectivity index (χ0) is 18.8. The summed E-state index contributed by atoms with van der Waals surface area (Å²) in [7, 11) is 3.93. The minimum atomic E-state index is -0.270. The van der Waals surface area contributed by atoms with Crippen LogP contribution in [-0.4, -0.2) is 36.6 Å². The van der Waals surface area contributed by atoms with Crippen LogP contribution in [0.2, 0.25) is 5.02 Å². The van der Waals surface area contributed by atoms with Gasteiger partial charge in [0.1, 0.15) is 17.0 Å². The number of rotatable bonds is 5. The van der Waals surface area contributed by atoms with Crippen molar-refractivity contribution in [3.8, 4) is 0 Å². The lowest BCUT2D eigenvalue weighted by Gasteiger charge is -2.26. The molecule has 0 bridgehead atoms. The van der Waals surface area contributed by atoms with E-state index in [9.17, 15) is 4.79 Å². The third kappa shape index (κ3) is 4.41. The number of hydrogen-bond donors (Lipinski definition) is 1. The number of benzene rings is 1. The molecular formula is C19H26ClN3O2. The molecule has 1 atom stereocenters. The van der Waals surface area contributed by atoms with Crippen LogP contribution < -0.4 is 5.32 Å². The molecule has 1 aromatic carbocycles. The molecule has 1 amide bonds. The molecule has 0 saturated heterocycles. The number of halogens is 1. The predicted molar refractivity (Wildman–Crippen MR) is 100 cm³/mol. The number of likely N-dealkylation sites (N-methyl/N-ethyl adjacent to an activating group) is 1. The SMILES string of the molecule is Cc1onc(C(C)(C)C)c1C(=O)NCC(c1ccccc1Cl)N(C)C. The maximum atomic E-state index is 12.8. The van der Waals surface area contributed by atoms with Gasteiger partial charge in [-0.2, -0.15) is 0 Å². The maximum Gasteiger partial charge on any atom is 0.256 e. The van der Waals surface area contributed by atoms with Gasteiger partial charge in [-0.15, -0.1) is 0 Å². The lowest BCUT2D eigenvalue weighted by molar-refractivity contribution is 0.0938. The van der Waals surface area contributed by atoms with Crippen LogP contribution in [0.4, 0.5) is 0 Å². The Kier molecular flexibility index (Phi) is 5.91. The van der Waals surface area contributed by atoms with Crippen molar-refractivity contribution < 1.29 is 9.32 Å². The first-order valence-electron chi connectivity index (χ1n) is 8.28. The van der Waals surface area contributed by atoms with Crippen LogP contribution in [-0.2, 0) is 5.41 Å². The van der Waals surface area contributed by atoms with Crippen molar-refractivity contribution in [2.45, 2.75) is 39.2 Å². The summed E-state index contributed by atoms with van der Waals surface area (Å²) in [6.07, 6.45) is 0. The molecule has 1 N–H and O–H groups in total. The van der Waals surface area contributed by atoms with E-state index in [4.69, 9.17) is 16.1 Å². The molecule has 1 heterocycles. The van der Waals surface area contributed by atoms with Gasteiger partial charge in [-0.05, 0) is 32.6 Å². The van der Waals surface area contributed by atoms with Gasteiger partial charge in [0.15, 0.2) is 0 Å². The Morgan fingerprint density at radius 3 is 2.52 bits per heavy atom. The second kappa shape index (κ2) is 7.58. The van der Waals surface area contributed by atoms with Gasteiger partial charge in [-0.25, -0.2) is 0 Å². The smallest absolute Gasteiger partial charge is 0.256 e. The fourth-order valence-electron chi connectivity index (χ4n) is 2.75. The molecule has 0 spiro atoms. The van der Waals surface area contributed by atoms with Crippen LogP contribution in [0, 0.1) is 6.92 Å². The highest BCUT2D eigenvalue weighted by Gasteiger charge is 2.29. The van der Waals surface area contributed by atoms with Gasteiger partial charge in [0.25, 0.3) is 5.91 Å². The average molecular weight is 364 g/mol. The molecule has 0 aliphatic heterocycles. The van der Waals surface area contributed by atoms with Crippen molar-refractivity contribution in [2.24, 2.45) is 0 Å². The van der Waals surface area contributed by atoms with Gasteiger partial charge < -0.3 is 14.7 Å². The summed E-state index contributed by atoms with van der Waals surface area (Å²) in [6, 6.07) is 7.65. The zero-order valence-electron chi connectivity index (χ0n) is 15.7. The number of carbonyl (C=O) groups is 1. The molecule has 0 radical (unpaired) electrons. The first kappa shape index (κ1) is 19.5. The Hall–Kier alpha value is -1.85. The monoisotopic (exact) mass is 363 g/mol. The van der Waals surface area contributed by atoms with Crippen molar-refractivity contribution >= 4 is 17.5 Å². The van der Waals surface area contributed by atoms with Crippen molar-refractivity contribution in [1.82, 2.24) is 15.4 Å². The highest BCUT2D eigenvalue weighted by atomic mass is 35.5. The first-order chi connectivity index (χ1) is 11.6. The van der Waals surface area contributed by atoms with E-state index in [2.05, 4.69) is 10.5 Å². The first-order valence-corrected chi connectivity index (χ1v) is 8.66. The van der Waals surface area contributed by atoms with Crippen LogP contribution in [0.15, 0.2) is 28.8 Å². The number of carbonyl (C=O) groups excluding carboxylic acids is 1. The second-order valence-corrected chi connectivity index (χ2v) is 7.83. The van der Waals surface area contributed by atoms with Gasteiger partial charge in [-0.1, -0.05) is 55.7 Å². The Labute approximate surface area is 154 Å². The van der Waals surface area contributed by atoms with Crippen molar-refractivity contribution in [3.63, 3.8) is 0 Å². The number of nitrogens with zero attached hydrogens (tertiary/aromatic N) is 2. The number of nitrogens with one attached hydrogen (secondary N) is 1. The van der Waals surface area contributed by atoms with E-state index >= 15 is 0 Å². The summed E-state index contributed by atoms with van der Waals surface area (Å²) >= 11 is 6.32. The van der Waals surface area contributed by atoms with Crippen LogP contribution >= 0.6 is 11.6 Å². The van der Waals surface area contributed by atoms with Gasteiger partial charge in [0.2, 0.25) is 0 Å². The Bertz CT molecular complexity index is 747. The largest absolute Gasteiger partial charge is 0.361 e. The third-order valence-corrected chi connectivity index (χ3v) is 4.49. The number of hydrogen-bond acceptors (Lipinski definition) is 4.